The molecule has 1 aromatic heterocycles. The highest BCUT2D eigenvalue weighted by Crippen LogP contribution is 2.25. The second-order valence-corrected chi connectivity index (χ2v) is 5.23. The second kappa shape index (κ2) is 6.65. The summed E-state index contributed by atoms with van der Waals surface area (Å²) in [6.07, 6.45) is 2.53. The van der Waals surface area contributed by atoms with Gasteiger partial charge in [-0.15, -0.1) is 0 Å². The van der Waals surface area contributed by atoms with E-state index < -0.39 is 0 Å². The average molecular weight is 339 g/mol. The first-order valence-electron chi connectivity index (χ1n) is 6.39. The second-order valence-electron chi connectivity index (χ2n) is 4.38. The van der Waals surface area contributed by atoms with Crippen LogP contribution in [0.4, 0.5) is 21.7 Å². The van der Waals surface area contributed by atoms with Crippen molar-refractivity contribution in [1.29, 1.82) is 0 Å². The molecular weight excluding hydrogens is 323 g/mol. The predicted molar refractivity (Wildman–Crippen MR) is 82.9 cm³/mol. The zero-order valence-corrected chi connectivity index (χ0v) is 13.0. The van der Waals surface area contributed by atoms with Gasteiger partial charge in [-0.25, -0.2) is 14.4 Å². The highest BCUT2D eigenvalue weighted by Gasteiger charge is 2.08. The Bertz CT molecular complexity index is 604. The lowest BCUT2D eigenvalue weighted by Gasteiger charge is -2.12. The molecule has 1 heterocycles. The van der Waals surface area contributed by atoms with E-state index in [0.717, 1.165) is 30.0 Å². The first-order valence-corrected chi connectivity index (χ1v) is 7.18. The van der Waals surface area contributed by atoms with Crippen LogP contribution in [0.5, 0.6) is 0 Å². The number of nitrogens with one attached hydrogen (secondary N) is 2. The molecule has 0 spiro atoms. The molecular formula is C14H16BrFN4. The average Bonchev–Trinajstić information content (AvgIpc) is 2.44. The van der Waals surface area contributed by atoms with Gasteiger partial charge in [-0.05, 0) is 47.5 Å². The van der Waals surface area contributed by atoms with Crippen molar-refractivity contribution in [2.75, 3.05) is 17.2 Å². The van der Waals surface area contributed by atoms with Crippen molar-refractivity contribution in [3.8, 4) is 0 Å². The molecule has 0 atom stereocenters. The highest BCUT2D eigenvalue weighted by atomic mass is 79.9. The standard InChI is InChI=1S/C14H16BrFN4/c1-3-6-17-13-9(2)14(19-8-18-13)20-10-4-5-12(16)11(15)7-10/h4-5,7-8H,3,6H2,1-2H3,(H2,17,18,19,20). The molecule has 1 aromatic carbocycles. The minimum Gasteiger partial charge on any atom is -0.370 e. The quantitative estimate of drug-likeness (QED) is 0.855. The zero-order chi connectivity index (χ0) is 14.5. The summed E-state index contributed by atoms with van der Waals surface area (Å²) in [6, 6.07) is 4.75. The van der Waals surface area contributed by atoms with Crippen molar-refractivity contribution in [1.82, 2.24) is 9.97 Å². The molecule has 6 heteroatoms. The van der Waals surface area contributed by atoms with E-state index in [9.17, 15) is 4.39 Å². The first-order chi connectivity index (χ1) is 9.61. The lowest BCUT2D eigenvalue weighted by molar-refractivity contribution is 0.621. The molecule has 0 saturated heterocycles. The maximum absolute atomic E-state index is 13.2. The number of benzene rings is 1. The molecule has 0 unspecified atom stereocenters. The first kappa shape index (κ1) is 14.7. The number of hydrogen-bond donors (Lipinski definition) is 2. The van der Waals surface area contributed by atoms with Gasteiger partial charge in [0.25, 0.3) is 0 Å². The Hall–Kier alpha value is -1.69. The van der Waals surface area contributed by atoms with Gasteiger partial charge in [-0.3, -0.25) is 0 Å². The van der Waals surface area contributed by atoms with Crippen LogP contribution in [0.15, 0.2) is 29.0 Å². The summed E-state index contributed by atoms with van der Waals surface area (Å²) in [6.45, 7) is 4.90. The molecule has 20 heavy (non-hydrogen) atoms. The normalized spacial score (nSPS) is 10.4. The Morgan fingerprint density at radius 1 is 1.25 bits per heavy atom. The Balaban J connectivity index is 2.22. The molecule has 0 aliphatic heterocycles. The summed E-state index contributed by atoms with van der Waals surface area (Å²) in [4.78, 5) is 8.44. The number of nitrogens with zero attached hydrogens (tertiary/aromatic N) is 2. The fourth-order valence-electron chi connectivity index (χ4n) is 1.71. The molecule has 0 saturated carbocycles. The number of halogens is 2. The van der Waals surface area contributed by atoms with Crippen LogP contribution in [0.1, 0.15) is 18.9 Å². The van der Waals surface area contributed by atoms with Crippen molar-refractivity contribution in [2.45, 2.75) is 20.3 Å². The maximum atomic E-state index is 13.2. The largest absolute Gasteiger partial charge is 0.370 e. The number of aromatic nitrogens is 2. The molecule has 4 nitrogen and oxygen atoms in total. The lowest BCUT2D eigenvalue weighted by atomic mass is 10.2. The number of anilines is 3. The van der Waals surface area contributed by atoms with E-state index >= 15 is 0 Å². The summed E-state index contributed by atoms with van der Waals surface area (Å²) < 4.78 is 13.6. The van der Waals surface area contributed by atoms with Crippen LogP contribution in [-0.2, 0) is 0 Å². The van der Waals surface area contributed by atoms with Crippen molar-refractivity contribution in [3.05, 3.63) is 40.4 Å². The topological polar surface area (TPSA) is 49.8 Å². The molecule has 0 bridgehead atoms. The summed E-state index contributed by atoms with van der Waals surface area (Å²) >= 11 is 3.17. The third-order valence-corrected chi connectivity index (χ3v) is 3.42. The Morgan fingerprint density at radius 3 is 2.70 bits per heavy atom. The van der Waals surface area contributed by atoms with Crippen molar-refractivity contribution in [3.63, 3.8) is 0 Å². The fraction of sp³-hybridized carbons (Fsp3) is 0.286. The van der Waals surface area contributed by atoms with Crippen LogP contribution in [0, 0.1) is 12.7 Å². The molecule has 0 amide bonds. The van der Waals surface area contributed by atoms with E-state index in [4.69, 9.17) is 0 Å². The van der Waals surface area contributed by atoms with Crippen LogP contribution >= 0.6 is 15.9 Å². The zero-order valence-electron chi connectivity index (χ0n) is 11.4. The van der Waals surface area contributed by atoms with E-state index in [1.54, 1.807) is 12.1 Å². The van der Waals surface area contributed by atoms with Gasteiger partial charge in [0.1, 0.15) is 23.8 Å². The van der Waals surface area contributed by atoms with E-state index in [-0.39, 0.29) is 5.82 Å². The summed E-state index contributed by atoms with van der Waals surface area (Å²) in [5.41, 5.74) is 1.70. The number of rotatable bonds is 5. The Morgan fingerprint density at radius 2 is 2.00 bits per heavy atom. The summed E-state index contributed by atoms with van der Waals surface area (Å²) in [5, 5.41) is 6.42. The summed E-state index contributed by atoms with van der Waals surface area (Å²) in [7, 11) is 0. The van der Waals surface area contributed by atoms with E-state index in [1.165, 1.54) is 12.4 Å². The molecule has 2 aromatic rings. The Kier molecular flexibility index (Phi) is 4.89. The molecule has 106 valence electrons. The van der Waals surface area contributed by atoms with Gasteiger partial charge in [0, 0.05) is 17.8 Å². The van der Waals surface area contributed by atoms with Crippen molar-refractivity contribution >= 4 is 33.3 Å². The van der Waals surface area contributed by atoms with Gasteiger partial charge in [-0.1, -0.05) is 6.92 Å². The smallest absolute Gasteiger partial charge is 0.138 e. The van der Waals surface area contributed by atoms with Crippen molar-refractivity contribution < 1.29 is 4.39 Å². The minimum absolute atomic E-state index is 0.291. The van der Waals surface area contributed by atoms with Crippen LogP contribution in [-0.4, -0.2) is 16.5 Å². The molecule has 0 fully saturated rings. The molecule has 2 rings (SSSR count). The van der Waals surface area contributed by atoms with Gasteiger partial charge < -0.3 is 10.6 Å². The Labute approximate surface area is 126 Å². The van der Waals surface area contributed by atoms with E-state index in [2.05, 4.69) is 43.5 Å². The van der Waals surface area contributed by atoms with Gasteiger partial charge >= 0.3 is 0 Å². The van der Waals surface area contributed by atoms with Crippen LogP contribution in [0.3, 0.4) is 0 Å². The third kappa shape index (κ3) is 3.45. The molecule has 0 aliphatic rings. The van der Waals surface area contributed by atoms with E-state index in [0.29, 0.717) is 10.3 Å². The van der Waals surface area contributed by atoms with Gasteiger partial charge in [0.05, 0.1) is 4.47 Å². The fourth-order valence-corrected chi connectivity index (χ4v) is 2.09. The minimum atomic E-state index is -0.291. The van der Waals surface area contributed by atoms with Crippen LogP contribution in [0.2, 0.25) is 0 Å². The van der Waals surface area contributed by atoms with Gasteiger partial charge in [0.2, 0.25) is 0 Å². The monoisotopic (exact) mass is 338 g/mol. The van der Waals surface area contributed by atoms with Crippen LogP contribution < -0.4 is 10.6 Å². The van der Waals surface area contributed by atoms with E-state index in [1.807, 2.05) is 6.92 Å². The number of hydrogen-bond acceptors (Lipinski definition) is 4. The van der Waals surface area contributed by atoms with Crippen molar-refractivity contribution in [2.24, 2.45) is 0 Å². The molecule has 0 radical (unpaired) electrons. The predicted octanol–water partition coefficient (Wildman–Crippen LogP) is 4.25. The van der Waals surface area contributed by atoms with Gasteiger partial charge in [0.15, 0.2) is 0 Å². The third-order valence-electron chi connectivity index (χ3n) is 2.81. The van der Waals surface area contributed by atoms with Gasteiger partial charge in [-0.2, -0.15) is 0 Å². The molecule has 2 N–H and O–H groups in total. The maximum Gasteiger partial charge on any atom is 0.138 e. The highest BCUT2D eigenvalue weighted by molar-refractivity contribution is 9.10. The van der Waals surface area contributed by atoms with Crippen LogP contribution in [0.25, 0.3) is 0 Å². The molecule has 0 aliphatic carbocycles. The lowest BCUT2D eigenvalue weighted by Crippen LogP contribution is -2.06. The summed E-state index contributed by atoms with van der Waals surface area (Å²) in [5.74, 6) is 1.22. The SMILES string of the molecule is CCCNc1ncnc(Nc2ccc(F)c(Br)c2)c1C.